The van der Waals surface area contributed by atoms with Gasteiger partial charge in [-0.2, -0.15) is 0 Å². The molecule has 2 heteroatoms. The van der Waals surface area contributed by atoms with E-state index in [-0.39, 0.29) is 10.8 Å². The van der Waals surface area contributed by atoms with Crippen molar-refractivity contribution >= 4 is 53.3 Å². The highest BCUT2D eigenvalue weighted by Gasteiger charge is 2.41. The van der Waals surface area contributed by atoms with E-state index >= 15 is 0 Å². The Morgan fingerprint density at radius 1 is 0.545 bits per heavy atom. The number of hydrogen-bond donors (Lipinski definition) is 0. The van der Waals surface area contributed by atoms with E-state index in [0.29, 0.717) is 0 Å². The molecule has 0 saturated heterocycles. The van der Waals surface area contributed by atoms with Gasteiger partial charge in [0, 0.05) is 47.5 Å². The van der Waals surface area contributed by atoms with E-state index in [0.717, 1.165) is 0 Å². The number of aromatic nitrogens is 1. The monoisotopic (exact) mass is 581 g/mol. The fraction of sp³-hybridized carbons (Fsp3) is 0.143. The summed E-state index contributed by atoms with van der Waals surface area (Å²) in [7, 11) is 0. The van der Waals surface area contributed by atoms with Gasteiger partial charge < -0.3 is 4.57 Å². The lowest BCUT2D eigenvalue weighted by molar-refractivity contribution is 0.660. The molecule has 0 fully saturated rings. The number of hydrogen-bond acceptors (Lipinski definition) is 1. The van der Waals surface area contributed by atoms with Gasteiger partial charge in [0.05, 0.1) is 11.0 Å². The molecular formula is C42H31NS. The Hall–Kier alpha value is -4.66. The minimum absolute atomic E-state index is 0.0602. The van der Waals surface area contributed by atoms with Gasteiger partial charge in [-0.1, -0.05) is 119 Å². The molecule has 2 aliphatic rings. The first-order valence-electron chi connectivity index (χ1n) is 15.6. The first kappa shape index (κ1) is 24.7. The first-order valence-corrected chi connectivity index (χ1v) is 16.4. The minimum Gasteiger partial charge on any atom is -0.309 e. The zero-order chi connectivity index (χ0) is 29.5. The minimum atomic E-state index is -0.0915. The van der Waals surface area contributed by atoms with Crippen molar-refractivity contribution in [2.75, 3.05) is 0 Å². The molecule has 0 aliphatic heterocycles. The fourth-order valence-electron chi connectivity index (χ4n) is 8.77. The van der Waals surface area contributed by atoms with Crippen LogP contribution in [0.25, 0.3) is 69.9 Å². The van der Waals surface area contributed by atoms with Crippen LogP contribution in [0, 0.1) is 0 Å². The van der Waals surface area contributed by atoms with Crippen molar-refractivity contribution in [3.05, 3.63) is 138 Å². The number of thiophene rings is 1. The van der Waals surface area contributed by atoms with E-state index in [2.05, 4.69) is 148 Å². The molecule has 0 spiro atoms. The molecule has 0 atom stereocenters. The molecule has 0 N–H and O–H groups in total. The maximum atomic E-state index is 2.58. The Morgan fingerprint density at radius 2 is 1.18 bits per heavy atom. The zero-order valence-corrected chi connectivity index (χ0v) is 26.1. The van der Waals surface area contributed by atoms with Gasteiger partial charge in [-0.15, -0.1) is 11.3 Å². The molecule has 10 rings (SSSR count). The summed E-state index contributed by atoms with van der Waals surface area (Å²) in [6.45, 7) is 9.60. The highest BCUT2D eigenvalue weighted by atomic mass is 32.1. The van der Waals surface area contributed by atoms with Crippen LogP contribution in [0.1, 0.15) is 49.9 Å². The van der Waals surface area contributed by atoms with Crippen molar-refractivity contribution in [3.63, 3.8) is 0 Å². The smallest absolute Gasteiger partial charge is 0.0640 e. The van der Waals surface area contributed by atoms with Crippen molar-refractivity contribution in [2.24, 2.45) is 0 Å². The summed E-state index contributed by atoms with van der Waals surface area (Å²) in [6.07, 6.45) is 0. The molecule has 8 aromatic rings. The third-order valence-corrected chi connectivity index (χ3v) is 11.9. The Labute approximate surface area is 261 Å². The van der Waals surface area contributed by atoms with Gasteiger partial charge in [0.15, 0.2) is 0 Å². The number of rotatable bonds is 1. The van der Waals surface area contributed by atoms with Crippen LogP contribution < -0.4 is 0 Å². The van der Waals surface area contributed by atoms with Gasteiger partial charge in [-0.3, -0.25) is 0 Å². The number of para-hydroxylation sites is 1. The first-order chi connectivity index (χ1) is 21.4. The second-order valence-electron chi connectivity index (χ2n) is 13.7. The van der Waals surface area contributed by atoms with Crippen molar-refractivity contribution < 1.29 is 0 Å². The summed E-state index contributed by atoms with van der Waals surface area (Å²) >= 11 is 1.97. The van der Waals surface area contributed by atoms with Gasteiger partial charge in [-0.05, 0) is 68.8 Å². The highest BCUT2D eigenvalue weighted by molar-refractivity contribution is 7.26. The van der Waals surface area contributed by atoms with Crippen molar-refractivity contribution in [1.29, 1.82) is 0 Å². The molecule has 0 unspecified atom stereocenters. The fourth-order valence-corrected chi connectivity index (χ4v) is 10.2. The van der Waals surface area contributed by atoms with Crippen LogP contribution in [-0.2, 0) is 10.8 Å². The zero-order valence-electron chi connectivity index (χ0n) is 25.3. The Morgan fingerprint density at radius 3 is 2.00 bits per heavy atom. The molecule has 6 aromatic carbocycles. The van der Waals surface area contributed by atoms with Crippen LogP contribution in [0.4, 0.5) is 0 Å². The molecule has 0 saturated carbocycles. The standard InChI is InChI=1S/C42H31NS/c1-41(2)30-17-9-5-13-25(30)26-22-21-24(23-32(26)41)43-33-19-11-7-15-28(33)36-35-27-14-6-10-18-31(27)42(3,4)38(35)40-37(39(36)43)29-16-8-12-20-34(29)44-40/h5-23H,1-4H3. The van der Waals surface area contributed by atoms with Gasteiger partial charge in [0.2, 0.25) is 0 Å². The van der Waals surface area contributed by atoms with E-state index in [1.54, 1.807) is 0 Å². The predicted octanol–water partition coefficient (Wildman–Crippen LogP) is 11.8. The lowest BCUT2D eigenvalue weighted by Crippen LogP contribution is -2.15. The van der Waals surface area contributed by atoms with Crippen LogP contribution in [0.2, 0.25) is 0 Å². The molecule has 2 aliphatic carbocycles. The summed E-state index contributed by atoms with van der Waals surface area (Å²) in [5.41, 5.74) is 14.9. The summed E-state index contributed by atoms with van der Waals surface area (Å²) in [5.74, 6) is 0. The second-order valence-corrected chi connectivity index (χ2v) is 14.8. The average molecular weight is 582 g/mol. The maximum absolute atomic E-state index is 2.58. The van der Waals surface area contributed by atoms with E-state index in [4.69, 9.17) is 0 Å². The predicted molar refractivity (Wildman–Crippen MR) is 189 cm³/mol. The highest BCUT2D eigenvalue weighted by Crippen LogP contribution is 2.59. The average Bonchev–Trinajstić information content (AvgIpc) is 3.72. The molecule has 210 valence electrons. The largest absolute Gasteiger partial charge is 0.309 e. The topological polar surface area (TPSA) is 4.93 Å². The molecule has 2 aromatic heterocycles. The third kappa shape index (κ3) is 2.82. The lowest BCUT2D eigenvalue weighted by Gasteiger charge is -2.23. The van der Waals surface area contributed by atoms with Crippen LogP contribution in [0.3, 0.4) is 0 Å². The van der Waals surface area contributed by atoms with Crippen LogP contribution in [0.5, 0.6) is 0 Å². The maximum Gasteiger partial charge on any atom is 0.0640 e. The van der Waals surface area contributed by atoms with Crippen molar-refractivity contribution in [1.82, 2.24) is 4.57 Å². The molecule has 0 bridgehead atoms. The summed E-state index contributed by atoms with van der Waals surface area (Å²) in [4.78, 5) is 0. The normalized spacial score (nSPS) is 15.6. The summed E-state index contributed by atoms with van der Waals surface area (Å²) < 4.78 is 5.36. The third-order valence-electron chi connectivity index (χ3n) is 10.8. The molecular weight excluding hydrogens is 551 g/mol. The number of fused-ring (bicyclic) bond motifs is 15. The van der Waals surface area contributed by atoms with Crippen LogP contribution in [0.15, 0.2) is 115 Å². The van der Waals surface area contributed by atoms with E-state index in [1.165, 1.54) is 92.2 Å². The second kappa shape index (κ2) is 8.08. The molecule has 1 nitrogen and oxygen atoms in total. The SMILES string of the molecule is CC1(C)c2ccccc2-c2ccc(-n3c4ccccc4c4c5c(c6sc7ccccc7c6c43)C(C)(C)c3ccccc3-5)cc21. The van der Waals surface area contributed by atoms with Gasteiger partial charge in [0.1, 0.15) is 0 Å². The summed E-state index contributed by atoms with van der Waals surface area (Å²) in [5, 5.41) is 5.45. The molecule has 2 heterocycles. The van der Waals surface area contributed by atoms with Gasteiger partial charge in [0.25, 0.3) is 0 Å². The van der Waals surface area contributed by atoms with Gasteiger partial charge in [-0.25, -0.2) is 0 Å². The van der Waals surface area contributed by atoms with Crippen LogP contribution in [-0.4, -0.2) is 4.57 Å². The summed E-state index contributed by atoms with van der Waals surface area (Å²) in [6, 6.07) is 43.4. The molecule has 44 heavy (non-hydrogen) atoms. The number of benzene rings is 6. The van der Waals surface area contributed by atoms with E-state index in [1.807, 2.05) is 11.3 Å². The Balaban J connectivity index is 1.43. The van der Waals surface area contributed by atoms with E-state index < -0.39 is 0 Å². The molecule has 0 amide bonds. The van der Waals surface area contributed by atoms with Gasteiger partial charge >= 0.3 is 0 Å². The van der Waals surface area contributed by atoms with E-state index in [9.17, 15) is 0 Å². The number of nitrogens with zero attached hydrogens (tertiary/aromatic N) is 1. The Bertz CT molecular complexity index is 2550. The van der Waals surface area contributed by atoms with Crippen molar-refractivity contribution in [3.8, 4) is 27.9 Å². The van der Waals surface area contributed by atoms with Crippen molar-refractivity contribution in [2.45, 2.75) is 38.5 Å². The Kier molecular flexibility index (Phi) is 4.54. The quantitative estimate of drug-likeness (QED) is 0.182. The lowest BCUT2D eigenvalue weighted by atomic mass is 9.81. The molecule has 0 radical (unpaired) electrons. The van der Waals surface area contributed by atoms with Crippen LogP contribution >= 0.6 is 11.3 Å².